The van der Waals surface area contributed by atoms with Gasteiger partial charge in [-0.3, -0.25) is 0 Å². The van der Waals surface area contributed by atoms with Gasteiger partial charge in [0.25, 0.3) is 0 Å². The van der Waals surface area contributed by atoms with Crippen molar-refractivity contribution < 1.29 is 21.1 Å². The molecule has 0 nitrogen and oxygen atoms in total. The summed E-state index contributed by atoms with van der Waals surface area (Å²) in [5.74, 6) is 5.11. The molecule has 0 atom stereocenters. The first kappa shape index (κ1) is 48.5. The van der Waals surface area contributed by atoms with Gasteiger partial charge in [-0.1, -0.05) is 127 Å². The summed E-state index contributed by atoms with van der Waals surface area (Å²) in [7, 11) is 0.843. The van der Waals surface area contributed by atoms with Gasteiger partial charge >= 0.3 is 0 Å². The second-order valence-electron chi connectivity index (χ2n) is 11.8. The number of rotatable bonds is 18. The fourth-order valence-electron chi connectivity index (χ4n) is 4.26. The van der Waals surface area contributed by atoms with Gasteiger partial charge in [-0.25, -0.2) is 0 Å². The van der Waals surface area contributed by atoms with Crippen LogP contribution in [0.4, 0.5) is 0 Å². The summed E-state index contributed by atoms with van der Waals surface area (Å²) in [5.41, 5.74) is 4.38. The number of benzene rings is 2. The quantitative estimate of drug-likeness (QED) is 0.104. The molecule has 258 valence electrons. The van der Waals surface area contributed by atoms with Gasteiger partial charge in [0.1, 0.15) is 0 Å². The normalized spacial score (nSPS) is 9.78. The average molecular weight is 832 g/mol. The molecule has 0 radical (unpaired) electrons. The molecule has 0 spiro atoms. The van der Waals surface area contributed by atoms with Gasteiger partial charge in [-0.2, -0.15) is 0 Å². The Morgan fingerprint density at radius 1 is 0.422 bits per heavy atom. The maximum absolute atomic E-state index is 5.15. The van der Waals surface area contributed by atoms with Gasteiger partial charge in [0, 0.05) is 32.2 Å². The summed E-state index contributed by atoms with van der Waals surface area (Å²) in [6.07, 6.45) is 36.7. The van der Waals surface area contributed by atoms with Gasteiger partial charge in [0.15, 0.2) is 0 Å². The van der Waals surface area contributed by atoms with Crippen LogP contribution in [0.3, 0.4) is 0 Å². The third kappa shape index (κ3) is 32.8. The molecule has 0 amide bonds. The Hall–Kier alpha value is -0.892. The summed E-state index contributed by atoms with van der Waals surface area (Å²) in [6, 6.07) is 15.8. The van der Waals surface area contributed by atoms with E-state index in [1.807, 2.05) is 62.4 Å². The second-order valence-corrected chi connectivity index (χ2v) is 17.2. The average Bonchev–Trinajstić information content (AvgIpc) is 3.05. The first-order valence-electron chi connectivity index (χ1n) is 17.9. The van der Waals surface area contributed by atoms with Crippen molar-refractivity contribution in [2.45, 2.75) is 132 Å². The molecule has 2 aromatic carbocycles. The van der Waals surface area contributed by atoms with E-state index >= 15 is 0 Å². The Morgan fingerprint density at radius 2 is 0.622 bits per heavy atom. The van der Waals surface area contributed by atoms with Crippen molar-refractivity contribution in [1.29, 1.82) is 0 Å². The molecule has 0 aliphatic heterocycles. The van der Waals surface area contributed by atoms with E-state index < -0.39 is 0 Å². The van der Waals surface area contributed by atoms with Crippen LogP contribution < -0.4 is 0 Å². The Labute approximate surface area is 300 Å². The van der Waals surface area contributed by atoms with E-state index in [1.165, 1.54) is 88.2 Å². The molecule has 3 heteroatoms. The molecule has 0 aliphatic rings. The molecular weight excluding hydrogens is 761 g/mol. The van der Waals surface area contributed by atoms with E-state index in [4.69, 9.17) is 12.8 Å². The van der Waals surface area contributed by atoms with Crippen molar-refractivity contribution in [3.05, 3.63) is 70.8 Å². The summed E-state index contributed by atoms with van der Waals surface area (Å²) < 4.78 is 0. The molecule has 0 saturated carbocycles. The number of hydrogen-bond donors (Lipinski definition) is 0. The molecule has 0 unspecified atom stereocenters. The molecule has 45 heavy (non-hydrogen) atoms. The fraction of sp³-hybridized carbons (Fsp3) is 0.619. The summed E-state index contributed by atoms with van der Waals surface area (Å²) >= 11 is 0. The Balaban J connectivity index is -0.000000525. The molecule has 0 aromatic heterocycles. The maximum atomic E-state index is 5.15. The molecule has 0 heterocycles. The molecule has 0 saturated heterocycles. The van der Waals surface area contributed by atoms with Gasteiger partial charge in [0.05, 0.1) is 0 Å². The predicted octanol–water partition coefficient (Wildman–Crippen LogP) is 13.7. The monoisotopic (exact) mass is 831 g/mol. The van der Waals surface area contributed by atoms with E-state index in [1.54, 1.807) is 37.0 Å². The van der Waals surface area contributed by atoms with Crippen LogP contribution in [0.15, 0.2) is 48.5 Å². The van der Waals surface area contributed by atoms with E-state index in [9.17, 15) is 0 Å². The molecular formula is C42H70P2Pt. The molecule has 0 fully saturated rings. The first-order valence-corrected chi connectivity index (χ1v) is 21.7. The Morgan fingerprint density at radius 3 is 0.778 bits per heavy atom. The summed E-state index contributed by atoms with van der Waals surface area (Å²) in [6.45, 7) is 18.0. The third-order valence-corrected chi connectivity index (χ3v) is 13.1. The summed E-state index contributed by atoms with van der Waals surface area (Å²) in [5, 5.41) is 0. The standard InChI is InChI=1S/2C12H27P.2C9H8.Pt/c2*1-4-7-10-13(11-8-5-2)12-9-6-3;2*1-3-9-6-4-8(2)5-7-9;/h2*4-12H2,1-3H3;2*1,4-7H,2H3;. The zero-order valence-electron chi connectivity index (χ0n) is 30.7. The van der Waals surface area contributed by atoms with Gasteiger partial charge in [-0.05, 0) is 114 Å². The van der Waals surface area contributed by atoms with Crippen LogP contribution in [-0.2, 0) is 21.1 Å². The first-order chi connectivity index (χ1) is 21.3. The SMILES string of the molecule is C#Cc1ccc(C)cc1.C#Cc1ccc(C)cc1.CCCCP(CCCC)CCCC.CCCCP(CCCC)CCCC.[Pt]. The summed E-state index contributed by atoms with van der Waals surface area (Å²) in [4.78, 5) is 0. The van der Waals surface area contributed by atoms with Crippen LogP contribution in [0.25, 0.3) is 0 Å². The molecule has 0 bridgehead atoms. The van der Waals surface area contributed by atoms with E-state index in [-0.39, 0.29) is 21.1 Å². The van der Waals surface area contributed by atoms with Gasteiger partial charge < -0.3 is 0 Å². The van der Waals surface area contributed by atoms with E-state index in [0.717, 1.165) is 11.1 Å². The van der Waals surface area contributed by atoms with Crippen molar-refractivity contribution in [2.75, 3.05) is 37.0 Å². The van der Waals surface area contributed by atoms with E-state index in [2.05, 4.69) is 53.4 Å². The smallest absolute Gasteiger partial charge is 0.0242 e. The van der Waals surface area contributed by atoms with Gasteiger partial charge in [0.2, 0.25) is 0 Å². The van der Waals surface area contributed by atoms with Crippen LogP contribution in [0.5, 0.6) is 0 Å². The maximum Gasteiger partial charge on any atom is 0.0242 e. The van der Waals surface area contributed by atoms with Crippen LogP contribution in [-0.4, -0.2) is 37.0 Å². The number of hydrogen-bond acceptors (Lipinski definition) is 0. The molecule has 2 aromatic rings. The zero-order chi connectivity index (χ0) is 33.3. The van der Waals surface area contributed by atoms with E-state index in [0.29, 0.717) is 15.8 Å². The predicted molar refractivity (Wildman–Crippen MR) is 211 cm³/mol. The third-order valence-electron chi connectivity index (χ3n) is 7.40. The van der Waals surface area contributed by atoms with Crippen molar-refractivity contribution in [1.82, 2.24) is 0 Å². The van der Waals surface area contributed by atoms with Crippen molar-refractivity contribution in [3.8, 4) is 24.7 Å². The number of aryl methyl sites for hydroxylation is 2. The zero-order valence-corrected chi connectivity index (χ0v) is 34.8. The minimum absolute atomic E-state index is 0. The van der Waals surface area contributed by atoms with Gasteiger partial charge in [-0.15, -0.1) is 28.7 Å². The topological polar surface area (TPSA) is 0 Å². The largest absolute Gasteiger partial charge is 0.115 e. The minimum Gasteiger partial charge on any atom is -0.115 e. The van der Waals surface area contributed by atoms with Crippen LogP contribution in [0.1, 0.15) is 141 Å². The van der Waals surface area contributed by atoms with Crippen molar-refractivity contribution in [2.24, 2.45) is 0 Å². The Bertz CT molecular complexity index is 819. The van der Waals surface area contributed by atoms with Crippen molar-refractivity contribution in [3.63, 3.8) is 0 Å². The van der Waals surface area contributed by atoms with Crippen LogP contribution >= 0.6 is 15.8 Å². The number of terminal acetylenes is 2. The van der Waals surface area contributed by atoms with Crippen molar-refractivity contribution >= 4 is 15.8 Å². The second kappa shape index (κ2) is 37.6. The molecule has 2 rings (SSSR count). The van der Waals surface area contributed by atoms with Crippen LogP contribution in [0, 0.1) is 38.5 Å². The Kier molecular flexibility index (Phi) is 40.5. The molecule has 0 aliphatic carbocycles. The minimum atomic E-state index is 0. The fourth-order valence-corrected chi connectivity index (χ4v) is 10.2. The van der Waals surface area contributed by atoms with Crippen LogP contribution in [0.2, 0.25) is 0 Å². The molecule has 0 N–H and O–H groups in total. The number of unbranched alkanes of at least 4 members (excludes halogenated alkanes) is 6.